The molecule has 0 bridgehead atoms. The van der Waals surface area contributed by atoms with Crippen LogP contribution in [0.15, 0.2) is 33.7 Å². The Kier molecular flexibility index (Phi) is 3.35. The van der Waals surface area contributed by atoms with Crippen molar-refractivity contribution < 1.29 is 10.2 Å². The minimum Gasteiger partial charge on any atom is -0.393 e. The van der Waals surface area contributed by atoms with Crippen LogP contribution < -0.4 is 11.2 Å². The first-order chi connectivity index (χ1) is 9.60. The second-order valence-electron chi connectivity index (χ2n) is 5.52. The molecule has 3 rings (SSSR count). The van der Waals surface area contributed by atoms with Gasteiger partial charge in [0.1, 0.15) is 5.49 Å². The monoisotopic (exact) mass is 277 g/mol. The highest BCUT2D eigenvalue weighted by atomic mass is 16.3. The number of H-pyrrole nitrogens is 1. The highest BCUT2D eigenvalue weighted by Gasteiger charge is 2.41. The number of nitrogens with zero attached hydrogens (tertiary/aromatic N) is 2. The highest BCUT2D eigenvalue weighted by Crippen LogP contribution is 2.44. The predicted molar refractivity (Wildman–Crippen MR) is 73.0 cm³/mol. The number of aromatic amines is 1. The Morgan fingerprint density at radius 2 is 2.20 bits per heavy atom. The van der Waals surface area contributed by atoms with Crippen LogP contribution in [0.1, 0.15) is 25.3 Å². The van der Waals surface area contributed by atoms with Gasteiger partial charge in [-0.25, -0.2) is 4.79 Å². The number of hydrogen-bond acceptors (Lipinski definition) is 4. The van der Waals surface area contributed by atoms with Crippen molar-refractivity contribution in [2.45, 2.75) is 37.5 Å². The first-order valence-corrected chi connectivity index (χ1v) is 6.90. The van der Waals surface area contributed by atoms with Crippen molar-refractivity contribution in [3.8, 4) is 0 Å². The van der Waals surface area contributed by atoms with E-state index in [-0.39, 0.29) is 23.8 Å². The van der Waals surface area contributed by atoms with Gasteiger partial charge in [-0.15, -0.1) is 0 Å². The minimum atomic E-state index is -0.497. The number of aromatic nitrogens is 2. The van der Waals surface area contributed by atoms with Crippen LogP contribution in [-0.4, -0.2) is 39.0 Å². The lowest BCUT2D eigenvalue weighted by atomic mass is 9.86. The Morgan fingerprint density at radius 3 is 2.90 bits per heavy atom. The van der Waals surface area contributed by atoms with Crippen LogP contribution in [0.5, 0.6) is 0 Å². The molecule has 6 nitrogen and oxygen atoms in total. The van der Waals surface area contributed by atoms with E-state index in [2.05, 4.69) is 9.98 Å². The van der Waals surface area contributed by atoms with Gasteiger partial charge in [0.25, 0.3) is 0 Å². The molecule has 0 spiro atoms. The van der Waals surface area contributed by atoms with Gasteiger partial charge in [-0.1, -0.05) is 6.08 Å². The highest BCUT2D eigenvalue weighted by molar-refractivity contribution is 5.24. The van der Waals surface area contributed by atoms with Crippen molar-refractivity contribution in [1.29, 1.82) is 0 Å². The second-order valence-corrected chi connectivity index (χ2v) is 5.52. The molecule has 0 radical (unpaired) electrons. The smallest absolute Gasteiger partial charge is 0.327 e. The maximum Gasteiger partial charge on any atom is 0.327 e. The quantitative estimate of drug-likeness (QED) is 0.616. The van der Waals surface area contributed by atoms with Gasteiger partial charge in [-0.2, -0.15) is 0 Å². The molecule has 0 aliphatic heterocycles. The van der Waals surface area contributed by atoms with Gasteiger partial charge < -0.3 is 10.2 Å². The van der Waals surface area contributed by atoms with Crippen molar-refractivity contribution in [1.82, 2.24) is 9.55 Å². The fourth-order valence-electron chi connectivity index (χ4n) is 3.32. The lowest BCUT2D eigenvalue weighted by molar-refractivity contribution is 0.0844. The summed E-state index contributed by atoms with van der Waals surface area (Å²) in [5.41, 5.74) is 1.38. The normalized spacial score (nSPS) is 34.0. The summed E-state index contributed by atoms with van der Waals surface area (Å²) in [7, 11) is 1.62. The molecule has 3 N–H and O–H groups in total. The van der Waals surface area contributed by atoms with Crippen LogP contribution in [0.25, 0.3) is 0 Å². The molecule has 0 aromatic carbocycles. The Bertz CT molecular complexity index is 658. The third-order valence-electron chi connectivity index (χ3n) is 4.33. The van der Waals surface area contributed by atoms with E-state index < -0.39 is 6.10 Å². The zero-order chi connectivity index (χ0) is 14.3. The zero-order valence-corrected chi connectivity index (χ0v) is 11.4. The number of rotatable bonds is 1. The van der Waals surface area contributed by atoms with Gasteiger partial charge in [0.2, 0.25) is 0 Å². The van der Waals surface area contributed by atoms with Crippen molar-refractivity contribution >= 4 is 0 Å². The van der Waals surface area contributed by atoms with Crippen LogP contribution in [0.2, 0.25) is 0 Å². The molecule has 0 saturated heterocycles. The standard InChI is InChI=1S/C14H19N3O3/c1-15-13-4-5-17(14(20)16-13)11-7-12(19)10-6-8(18)2-3-9(10)11/h3-5,8,10-12,18-19H,2,6-7H2,1H3,(H,15,16,20)/t8-,10+,11+,12+/m1/s1. The molecule has 0 unspecified atom stereocenters. The average Bonchev–Trinajstić information content (AvgIpc) is 2.75. The first kappa shape index (κ1) is 13.3. The van der Waals surface area contributed by atoms with Gasteiger partial charge >= 0.3 is 5.69 Å². The number of aliphatic hydroxyl groups excluding tert-OH is 2. The van der Waals surface area contributed by atoms with E-state index in [0.717, 1.165) is 5.57 Å². The van der Waals surface area contributed by atoms with E-state index in [1.807, 2.05) is 6.08 Å². The summed E-state index contributed by atoms with van der Waals surface area (Å²) in [6, 6.07) is 1.62. The summed E-state index contributed by atoms with van der Waals surface area (Å²) >= 11 is 0. The van der Waals surface area contributed by atoms with Crippen LogP contribution >= 0.6 is 0 Å². The number of aliphatic hydroxyl groups is 2. The summed E-state index contributed by atoms with van der Waals surface area (Å²) < 4.78 is 1.61. The topological polar surface area (TPSA) is 90.6 Å². The zero-order valence-electron chi connectivity index (χ0n) is 11.4. The van der Waals surface area contributed by atoms with E-state index in [4.69, 9.17) is 0 Å². The molecular weight excluding hydrogens is 258 g/mol. The molecule has 20 heavy (non-hydrogen) atoms. The van der Waals surface area contributed by atoms with E-state index >= 15 is 0 Å². The molecule has 6 heteroatoms. The lowest BCUT2D eigenvalue weighted by Gasteiger charge is -2.26. The van der Waals surface area contributed by atoms with Gasteiger partial charge in [0, 0.05) is 19.2 Å². The van der Waals surface area contributed by atoms with Crippen LogP contribution in [-0.2, 0) is 0 Å². The van der Waals surface area contributed by atoms with Crippen molar-refractivity contribution in [2.24, 2.45) is 10.9 Å². The summed E-state index contributed by atoms with van der Waals surface area (Å²) in [6.07, 6.45) is 4.49. The van der Waals surface area contributed by atoms with Crippen molar-refractivity contribution in [2.75, 3.05) is 7.05 Å². The largest absolute Gasteiger partial charge is 0.393 e. The number of nitrogens with one attached hydrogen (secondary N) is 1. The van der Waals surface area contributed by atoms with E-state index in [1.54, 1.807) is 23.9 Å². The number of hydrogen-bond donors (Lipinski definition) is 3. The number of fused-ring (bicyclic) bond motifs is 1. The maximum atomic E-state index is 12.1. The lowest BCUT2D eigenvalue weighted by Crippen LogP contribution is -2.32. The van der Waals surface area contributed by atoms with Gasteiger partial charge in [0.15, 0.2) is 0 Å². The molecule has 108 valence electrons. The maximum absolute atomic E-state index is 12.1. The van der Waals surface area contributed by atoms with Crippen LogP contribution in [0.3, 0.4) is 0 Å². The molecule has 1 aromatic rings. The Morgan fingerprint density at radius 1 is 1.40 bits per heavy atom. The van der Waals surface area contributed by atoms with E-state index in [9.17, 15) is 15.0 Å². The molecule has 1 saturated carbocycles. The molecule has 1 fully saturated rings. The van der Waals surface area contributed by atoms with Gasteiger partial charge in [-0.05, 0) is 30.9 Å². The Hall–Kier alpha value is -1.66. The summed E-state index contributed by atoms with van der Waals surface area (Å²) in [5.74, 6) is -0.0359. The Balaban J connectivity index is 2.01. The molecule has 2 aliphatic rings. The summed E-state index contributed by atoms with van der Waals surface area (Å²) in [6.45, 7) is 0. The fourth-order valence-corrected chi connectivity index (χ4v) is 3.32. The Labute approximate surface area is 116 Å². The third-order valence-corrected chi connectivity index (χ3v) is 4.33. The molecule has 4 atom stereocenters. The van der Waals surface area contributed by atoms with Crippen molar-refractivity contribution in [3.63, 3.8) is 0 Å². The van der Waals surface area contributed by atoms with Crippen LogP contribution in [0, 0.1) is 5.92 Å². The first-order valence-electron chi connectivity index (χ1n) is 6.90. The fraction of sp³-hybridized carbons (Fsp3) is 0.571. The van der Waals surface area contributed by atoms with E-state index in [0.29, 0.717) is 24.8 Å². The molecule has 1 heterocycles. The van der Waals surface area contributed by atoms with Crippen molar-refractivity contribution in [3.05, 3.63) is 39.9 Å². The SMILES string of the molecule is C/N=c1/ccn([C@H]2C[C@H](O)[C@H]3C[C@H](O)CC=C32)c(=O)[nH]1. The van der Waals surface area contributed by atoms with E-state index in [1.165, 1.54) is 0 Å². The van der Waals surface area contributed by atoms with Gasteiger partial charge in [0.05, 0.1) is 18.2 Å². The molecular formula is C14H19N3O3. The second kappa shape index (κ2) is 5.03. The van der Waals surface area contributed by atoms with Crippen LogP contribution in [0.4, 0.5) is 0 Å². The minimum absolute atomic E-state index is 0.0359. The predicted octanol–water partition coefficient (Wildman–Crippen LogP) is -0.290. The summed E-state index contributed by atoms with van der Waals surface area (Å²) in [4.78, 5) is 18.8. The molecule has 2 aliphatic carbocycles. The van der Waals surface area contributed by atoms with Gasteiger partial charge in [-0.3, -0.25) is 14.5 Å². The third kappa shape index (κ3) is 2.14. The molecule has 0 amide bonds. The average molecular weight is 277 g/mol. The molecule has 1 aromatic heterocycles. The summed E-state index contributed by atoms with van der Waals surface area (Å²) in [5, 5.41) is 19.9.